The van der Waals surface area contributed by atoms with Crippen LogP contribution < -0.4 is 5.32 Å². The van der Waals surface area contributed by atoms with E-state index in [9.17, 15) is 0 Å². The van der Waals surface area contributed by atoms with E-state index in [1.165, 1.54) is 34.0 Å². The molecule has 3 heteroatoms. The minimum atomic E-state index is 0.234. The largest absolute Gasteiger partial charge is 0.376 e. The summed E-state index contributed by atoms with van der Waals surface area (Å²) in [6.45, 7) is 1.07. The highest BCUT2D eigenvalue weighted by atomic mass is 79.9. The quantitative estimate of drug-likeness (QED) is 0.828. The van der Waals surface area contributed by atoms with Crippen molar-refractivity contribution >= 4 is 15.9 Å². The van der Waals surface area contributed by atoms with Crippen LogP contribution in [0, 0.1) is 5.41 Å². The topological polar surface area (TPSA) is 21.3 Å². The van der Waals surface area contributed by atoms with E-state index in [0.717, 1.165) is 19.4 Å². The van der Waals surface area contributed by atoms with E-state index in [4.69, 9.17) is 4.74 Å². The minimum Gasteiger partial charge on any atom is -0.376 e. The summed E-state index contributed by atoms with van der Waals surface area (Å²) in [6.07, 6.45) is 4.80. The number of halogens is 1. The first-order valence-electron chi connectivity index (χ1n) is 8.79. The molecule has 0 bridgehead atoms. The van der Waals surface area contributed by atoms with Gasteiger partial charge < -0.3 is 10.1 Å². The molecule has 1 aliphatic carbocycles. The highest BCUT2D eigenvalue weighted by Gasteiger charge is 2.48. The molecule has 3 unspecified atom stereocenters. The van der Waals surface area contributed by atoms with Gasteiger partial charge in [-0.2, -0.15) is 0 Å². The Hall–Kier alpha value is -1.16. The van der Waals surface area contributed by atoms with Crippen molar-refractivity contribution in [2.75, 3.05) is 13.7 Å². The third kappa shape index (κ3) is 2.83. The van der Waals surface area contributed by atoms with Crippen LogP contribution in [0.25, 0.3) is 0 Å². The maximum Gasteiger partial charge on any atom is 0.0884 e. The lowest BCUT2D eigenvalue weighted by molar-refractivity contribution is -0.0290. The van der Waals surface area contributed by atoms with Gasteiger partial charge in [0.05, 0.1) is 6.10 Å². The molecule has 0 amide bonds. The van der Waals surface area contributed by atoms with E-state index >= 15 is 0 Å². The predicted molar refractivity (Wildman–Crippen MR) is 101 cm³/mol. The number of rotatable bonds is 3. The lowest BCUT2D eigenvalue weighted by Gasteiger charge is -2.42. The van der Waals surface area contributed by atoms with E-state index in [2.05, 4.69) is 69.8 Å². The first kappa shape index (κ1) is 16.3. The lowest BCUT2D eigenvalue weighted by atomic mass is 9.71. The van der Waals surface area contributed by atoms with Crippen molar-refractivity contribution in [3.63, 3.8) is 0 Å². The van der Waals surface area contributed by atoms with Crippen molar-refractivity contribution in [1.82, 2.24) is 5.32 Å². The molecule has 1 aliphatic heterocycles. The zero-order chi connectivity index (χ0) is 16.6. The van der Waals surface area contributed by atoms with Gasteiger partial charge in [0.25, 0.3) is 0 Å². The Labute approximate surface area is 152 Å². The molecular weight excluding hydrogens is 362 g/mol. The zero-order valence-corrected chi connectivity index (χ0v) is 15.7. The van der Waals surface area contributed by atoms with Crippen LogP contribution in [0.15, 0.2) is 53.0 Å². The summed E-state index contributed by atoms with van der Waals surface area (Å²) >= 11 is 3.69. The van der Waals surface area contributed by atoms with Gasteiger partial charge in [0.15, 0.2) is 0 Å². The van der Waals surface area contributed by atoms with Crippen LogP contribution in [0.4, 0.5) is 0 Å². The number of nitrogens with one attached hydrogen (secondary N) is 1. The summed E-state index contributed by atoms with van der Waals surface area (Å²) in [5.41, 5.74) is 4.51. The van der Waals surface area contributed by atoms with Gasteiger partial charge in [0.1, 0.15) is 0 Å². The molecule has 0 aromatic heterocycles. The van der Waals surface area contributed by atoms with Gasteiger partial charge in [-0.15, -0.1) is 0 Å². The third-order valence-corrected chi connectivity index (χ3v) is 6.58. The number of methoxy groups -OCH3 is 1. The molecule has 0 radical (unpaired) electrons. The standard InChI is InChI=1S/C21H24BrNO/c1-24-20-18-8-4-2-7-16(18)13-21(20)10-11-23-17(14-21)12-15-6-3-5-9-19(15)22/h2-9,17,20,23H,10-14H2,1H3. The molecular formula is C21H24BrNO. The fourth-order valence-corrected chi connectivity index (χ4v) is 5.24. The van der Waals surface area contributed by atoms with Gasteiger partial charge in [-0.25, -0.2) is 0 Å². The van der Waals surface area contributed by atoms with E-state index in [1.54, 1.807) is 0 Å². The van der Waals surface area contributed by atoms with E-state index in [-0.39, 0.29) is 11.5 Å². The molecule has 1 fully saturated rings. The number of hydrogen-bond acceptors (Lipinski definition) is 2. The summed E-state index contributed by atoms with van der Waals surface area (Å²) in [5, 5.41) is 3.74. The molecule has 1 spiro atoms. The molecule has 126 valence electrons. The second-order valence-corrected chi connectivity index (χ2v) is 8.11. The van der Waals surface area contributed by atoms with Crippen molar-refractivity contribution in [3.05, 3.63) is 69.7 Å². The molecule has 2 aliphatic rings. The first-order chi connectivity index (χ1) is 11.7. The first-order valence-corrected chi connectivity index (χ1v) is 9.58. The summed E-state index contributed by atoms with van der Waals surface area (Å²) in [7, 11) is 1.87. The maximum absolute atomic E-state index is 6.02. The average molecular weight is 386 g/mol. The fraction of sp³-hybridized carbons (Fsp3) is 0.429. The Morgan fingerprint density at radius 1 is 1.17 bits per heavy atom. The van der Waals surface area contributed by atoms with Crippen molar-refractivity contribution < 1.29 is 4.74 Å². The normalized spacial score (nSPS) is 28.9. The Morgan fingerprint density at radius 2 is 1.96 bits per heavy atom. The maximum atomic E-state index is 6.02. The molecule has 24 heavy (non-hydrogen) atoms. The minimum absolute atomic E-state index is 0.234. The van der Waals surface area contributed by atoms with Crippen LogP contribution in [-0.2, 0) is 17.6 Å². The fourth-order valence-electron chi connectivity index (χ4n) is 4.79. The number of ether oxygens (including phenoxy) is 1. The van der Waals surface area contributed by atoms with Gasteiger partial charge in [0.2, 0.25) is 0 Å². The Balaban J connectivity index is 1.58. The summed E-state index contributed by atoms with van der Waals surface area (Å²) in [4.78, 5) is 0. The van der Waals surface area contributed by atoms with Crippen LogP contribution in [-0.4, -0.2) is 19.7 Å². The smallest absolute Gasteiger partial charge is 0.0884 e. The van der Waals surface area contributed by atoms with E-state index in [0.29, 0.717) is 6.04 Å². The third-order valence-electron chi connectivity index (χ3n) is 5.80. The summed E-state index contributed by atoms with van der Waals surface area (Å²) < 4.78 is 7.23. The molecule has 2 aromatic carbocycles. The average Bonchev–Trinajstić information content (AvgIpc) is 2.89. The number of fused-ring (bicyclic) bond motifs is 1. The Kier molecular flexibility index (Phi) is 4.50. The van der Waals surface area contributed by atoms with Crippen molar-refractivity contribution in [3.8, 4) is 0 Å². The second kappa shape index (κ2) is 6.62. The molecule has 2 aromatic rings. The molecule has 1 N–H and O–H groups in total. The Morgan fingerprint density at radius 3 is 2.79 bits per heavy atom. The molecule has 2 nitrogen and oxygen atoms in total. The molecule has 1 heterocycles. The molecule has 1 saturated heterocycles. The van der Waals surface area contributed by atoms with E-state index in [1.807, 2.05) is 7.11 Å². The number of hydrogen-bond donors (Lipinski definition) is 1. The summed E-state index contributed by atoms with van der Waals surface area (Å²) in [6, 6.07) is 17.9. The molecule has 4 rings (SSSR count). The highest BCUT2D eigenvalue weighted by molar-refractivity contribution is 9.10. The number of benzene rings is 2. The van der Waals surface area contributed by atoms with Crippen molar-refractivity contribution in [2.24, 2.45) is 5.41 Å². The summed E-state index contributed by atoms with van der Waals surface area (Å²) in [5.74, 6) is 0. The van der Waals surface area contributed by atoms with Crippen LogP contribution in [0.5, 0.6) is 0 Å². The zero-order valence-electron chi connectivity index (χ0n) is 14.1. The van der Waals surface area contributed by atoms with Crippen LogP contribution >= 0.6 is 15.9 Å². The second-order valence-electron chi connectivity index (χ2n) is 7.25. The van der Waals surface area contributed by atoms with Gasteiger partial charge in [0, 0.05) is 23.0 Å². The Bertz CT molecular complexity index is 731. The molecule has 0 saturated carbocycles. The predicted octanol–water partition coefficient (Wildman–Crippen LogP) is 4.67. The van der Waals surface area contributed by atoms with E-state index < -0.39 is 0 Å². The number of piperidine rings is 1. The van der Waals surface area contributed by atoms with Crippen molar-refractivity contribution in [1.29, 1.82) is 0 Å². The van der Waals surface area contributed by atoms with Crippen LogP contribution in [0.3, 0.4) is 0 Å². The monoisotopic (exact) mass is 385 g/mol. The van der Waals surface area contributed by atoms with Gasteiger partial charge in [-0.05, 0) is 55.0 Å². The highest BCUT2D eigenvalue weighted by Crippen LogP contribution is 2.53. The van der Waals surface area contributed by atoms with Crippen LogP contribution in [0.1, 0.15) is 35.6 Å². The van der Waals surface area contributed by atoms with Crippen molar-refractivity contribution in [2.45, 2.75) is 37.8 Å². The lowest BCUT2D eigenvalue weighted by Crippen LogP contribution is -2.47. The molecule has 3 atom stereocenters. The SMILES string of the molecule is COC1c2ccccc2CC12CCNC(Cc1ccccc1Br)C2. The van der Waals surface area contributed by atoms with Crippen LogP contribution in [0.2, 0.25) is 0 Å². The van der Waals surface area contributed by atoms with Gasteiger partial charge in [-0.1, -0.05) is 58.4 Å². The van der Waals surface area contributed by atoms with Gasteiger partial charge >= 0.3 is 0 Å². The van der Waals surface area contributed by atoms with Gasteiger partial charge in [-0.3, -0.25) is 0 Å².